The maximum absolute atomic E-state index is 12.6. The molecule has 0 heterocycles. The van der Waals surface area contributed by atoms with Gasteiger partial charge in [0.15, 0.2) is 0 Å². The van der Waals surface area contributed by atoms with Gasteiger partial charge >= 0.3 is 0 Å². The van der Waals surface area contributed by atoms with Crippen molar-refractivity contribution < 1.29 is 13.2 Å². The van der Waals surface area contributed by atoms with Crippen LogP contribution in [0.5, 0.6) is 0 Å². The standard InChI is InChI=1S/C18H21Cl2N3O3S/c1-21-27(25,26)12-8-9-16(20)14(10-12)18(24)22-11-17(23(2)3)13-6-4-5-7-15(13)19/h4-10,17,21H,11H2,1-3H3,(H,22,24). The van der Waals surface area contributed by atoms with Crippen LogP contribution in [0.1, 0.15) is 22.0 Å². The van der Waals surface area contributed by atoms with Gasteiger partial charge in [-0.1, -0.05) is 41.4 Å². The smallest absolute Gasteiger partial charge is 0.252 e. The lowest BCUT2D eigenvalue weighted by molar-refractivity contribution is 0.0942. The number of benzene rings is 2. The molecule has 2 N–H and O–H groups in total. The number of carbonyl (C=O) groups is 1. The van der Waals surface area contributed by atoms with Crippen molar-refractivity contribution in [1.82, 2.24) is 14.9 Å². The van der Waals surface area contributed by atoms with Gasteiger partial charge < -0.3 is 10.2 Å². The number of sulfonamides is 1. The first-order chi connectivity index (χ1) is 12.7. The summed E-state index contributed by atoms with van der Waals surface area (Å²) in [7, 11) is 1.39. The van der Waals surface area contributed by atoms with E-state index in [2.05, 4.69) is 10.0 Å². The van der Waals surface area contributed by atoms with Gasteiger partial charge in [-0.2, -0.15) is 0 Å². The molecule has 27 heavy (non-hydrogen) atoms. The molecule has 0 aromatic heterocycles. The largest absolute Gasteiger partial charge is 0.350 e. The molecule has 146 valence electrons. The van der Waals surface area contributed by atoms with Crippen molar-refractivity contribution in [2.24, 2.45) is 0 Å². The van der Waals surface area contributed by atoms with Gasteiger partial charge in [0.25, 0.3) is 5.91 Å². The monoisotopic (exact) mass is 429 g/mol. The number of halogens is 2. The van der Waals surface area contributed by atoms with Crippen molar-refractivity contribution >= 4 is 39.1 Å². The van der Waals surface area contributed by atoms with Gasteiger partial charge in [0.1, 0.15) is 0 Å². The van der Waals surface area contributed by atoms with Crippen molar-refractivity contribution in [3.63, 3.8) is 0 Å². The third-order valence-electron chi connectivity index (χ3n) is 4.11. The maximum atomic E-state index is 12.6. The third kappa shape index (κ3) is 5.21. The molecule has 2 aromatic rings. The molecular weight excluding hydrogens is 409 g/mol. The molecule has 1 atom stereocenters. The van der Waals surface area contributed by atoms with Crippen LogP contribution in [-0.2, 0) is 10.0 Å². The van der Waals surface area contributed by atoms with Gasteiger partial charge in [-0.3, -0.25) is 4.79 Å². The van der Waals surface area contributed by atoms with Crippen LogP contribution < -0.4 is 10.0 Å². The number of carbonyl (C=O) groups excluding carboxylic acids is 1. The highest BCUT2D eigenvalue weighted by molar-refractivity contribution is 7.89. The molecular formula is C18H21Cl2N3O3S. The molecule has 1 unspecified atom stereocenters. The molecule has 2 rings (SSSR count). The van der Waals surface area contributed by atoms with E-state index < -0.39 is 15.9 Å². The highest BCUT2D eigenvalue weighted by Gasteiger charge is 2.21. The number of hydrogen-bond acceptors (Lipinski definition) is 4. The van der Waals surface area contributed by atoms with Crippen LogP contribution in [0.3, 0.4) is 0 Å². The fourth-order valence-corrected chi connectivity index (χ4v) is 3.78. The lowest BCUT2D eigenvalue weighted by Gasteiger charge is -2.26. The first-order valence-corrected chi connectivity index (χ1v) is 10.3. The second kappa shape index (κ2) is 9.03. The molecule has 0 spiro atoms. The normalized spacial score (nSPS) is 12.8. The lowest BCUT2D eigenvalue weighted by Crippen LogP contribution is -2.35. The SMILES string of the molecule is CNS(=O)(=O)c1ccc(Cl)c(C(=O)NCC(c2ccccc2Cl)N(C)C)c1. The van der Waals surface area contributed by atoms with E-state index in [0.29, 0.717) is 5.02 Å². The van der Waals surface area contributed by atoms with Crippen molar-refractivity contribution in [3.8, 4) is 0 Å². The number of nitrogens with zero attached hydrogens (tertiary/aromatic N) is 1. The zero-order valence-corrected chi connectivity index (χ0v) is 17.5. The summed E-state index contributed by atoms with van der Waals surface area (Å²) in [6, 6.07) is 11.2. The topological polar surface area (TPSA) is 78.5 Å². The van der Waals surface area contributed by atoms with Gasteiger partial charge in [-0.15, -0.1) is 0 Å². The molecule has 0 saturated heterocycles. The highest BCUT2D eigenvalue weighted by atomic mass is 35.5. The van der Waals surface area contributed by atoms with Gasteiger partial charge in [0.2, 0.25) is 10.0 Å². The van der Waals surface area contributed by atoms with E-state index in [-0.39, 0.29) is 28.1 Å². The first-order valence-electron chi connectivity index (χ1n) is 8.09. The number of nitrogens with one attached hydrogen (secondary N) is 2. The quantitative estimate of drug-likeness (QED) is 0.708. The summed E-state index contributed by atoms with van der Waals surface area (Å²) in [6.45, 7) is 0.273. The zero-order chi connectivity index (χ0) is 20.2. The summed E-state index contributed by atoms with van der Waals surface area (Å²) in [5.41, 5.74) is 0.965. The Morgan fingerprint density at radius 1 is 1.11 bits per heavy atom. The van der Waals surface area contributed by atoms with E-state index in [4.69, 9.17) is 23.2 Å². The summed E-state index contributed by atoms with van der Waals surface area (Å²) >= 11 is 12.4. The fraction of sp³-hybridized carbons (Fsp3) is 0.278. The van der Waals surface area contributed by atoms with E-state index in [1.165, 1.54) is 25.2 Å². The summed E-state index contributed by atoms with van der Waals surface area (Å²) < 4.78 is 26.1. The van der Waals surface area contributed by atoms with Crippen molar-refractivity contribution in [2.45, 2.75) is 10.9 Å². The van der Waals surface area contributed by atoms with Crippen molar-refractivity contribution in [2.75, 3.05) is 27.7 Å². The molecule has 1 amide bonds. The second-order valence-electron chi connectivity index (χ2n) is 6.06. The molecule has 0 radical (unpaired) electrons. The number of rotatable bonds is 7. The van der Waals surface area contributed by atoms with Gasteiger partial charge in [0.05, 0.1) is 21.5 Å². The summed E-state index contributed by atoms with van der Waals surface area (Å²) in [5.74, 6) is -0.466. The van der Waals surface area contributed by atoms with Crippen LogP contribution in [0.25, 0.3) is 0 Å². The van der Waals surface area contributed by atoms with E-state index >= 15 is 0 Å². The van der Waals surface area contributed by atoms with Crippen LogP contribution >= 0.6 is 23.2 Å². The van der Waals surface area contributed by atoms with Crippen molar-refractivity contribution in [3.05, 3.63) is 63.6 Å². The number of likely N-dealkylation sites (N-methyl/N-ethyl adjacent to an activating group) is 1. The lowest BCUT2D eigenvalue weighted by atomic mass is 10.1. The van der Waals surface area contributed by atoms with E-state index in [9.17, 15) is 13.2 Å². The Hall–Kier alpha value is -1.64. The number of amides is 1. The molecule has 0 fully saturated rings. The third-order valence-corrected chi connectivity index (χ3v) is 6.19. The molecule has 6 nitrogen and oxygen atoms in total. The summed E-state index contributed by atoms with van der Waals surface area (Å²) in [6.07, 6.45) is 0. The molecule has 0 aliphatic rings. The summed E-state index contributed by atoms with van der Waals surface area (Å²) in [4.78, 5) is 14.5. The minimum Gasteiger partial charge on any atom is -0.350 e. The molecule has 0 aliphatic heterocycles. The Morgan fingerprint density at radius 3 is 2.37 bits per heavy atom. The predicted octanol–water partition coefficient (Wildman–Crippen LogP) is 2.93. The first kappa shape index (κ1) is 21.7. The Balaban J connectivity index is 2.24. The van der Waals surface area contributed by atoms with Crippen LogP contribution in [0.4, 0.5) is 0 Å². The van der Waals surface area contributed by atoms with E-state index in [0.717, 1.165) is 5.56 Å². The van der Waals surface area contributed by atoms with E-state index in [1.807, 2.05) is 37.2 Å². The number of hydrogen-bond donors (Lipinski definition) is 2. The van der Waals surface area contributed by atoms with Crippen LogP contribution in [0, 0.1) is 0 Å². The highest BCUT2D eigenvalue weighted by Crippen LogP contribution is 2.26. The van der Waals surface area contributed by atoms with Crippen molar-refractivity contribution in [1.29, 1.82) is 0 Å². The van der Waals surface area contributed by atoms with Crippen LogP contribution in [0.2, 0.25) is 10.0 Å². The zero-order valence-electron chi connectivity index (χ0n) is 15.2. The second-order valence-corrected chi connectivity index (χ2v) is 8.76. The molecule has 0 bridgehead atoms. The van der Waals surface area contributed by atoms with E-state index in [1.54, 1.807) is 6.07 Å². The summed E-state index contributed by atoms with van der Waals surface area (Å²) in [5, 5.41) is 3.58. The van der Waals surface area contributed by atoms with Gasteiger partial charge in [-0.25, -0.2) is 13.1 Å². The van der Waals surface area contributed by atoms with Gasteiger partial charge in [-0.05, 0) is 51.0 Å². The minimum absolute atomic E-state index is 0.0326. The Labute approximate surface area is 169 Å². The average molecular weight is 430 g/mol. The Bertz CT molecular complexity index is 933. The van der Waals surface area contributed by atoms with Crippen LogP contribution in [0.15, 0.2) is 47.4 Å². The average Bonchev–Trinajstić information content (AvgIpc) is 2.63. The molecule has 9 heteroatoms. The van der Waals surface area contributed by atoms with Crippen LogP contribution in [-0.4, -0.2) is 46.9 Å². The Morgan fingerprint density at radius 2 is 1.78 bits per heavy atom. The predicted molar refractivity (Wildman–Crippen MR) is 108 cm³/mol. The molecule has 0 saturated carbocycles. The maximum Gasteiger partial charge on any atom is 0.252 e. The Kier molecular flexibility index (Phi) is 7.25. The van der Waals surface area contributed by atoms with Gasteiger partial charge in [0, 0.05) is 11.6 Å². The fourth-order valence-electron chi connectivity index (χ4n) is 2.56. The minimum atomic E-state index is -3.68. The molecule has 2 aromatic carbocycles. The molecule has 0 aliphatic carbocycles.